The highest BCUT2D eigenvalue weighted by Gasteiger charge is 2.16. The van der Waals surface area contributed by atoms with Gasteiger partial charge in [-0.25, -0.2) is 0 Å². The van der Waals surface area contributed by atoms with Crippen molar-refractivity contribution in [3.63, 3.8) is 0 Å². The van der Waals surface area contributed by atoms with E-state index in [0.29, 0.717) is 12.2 Å². The lowest BCUT2D eigenvalue weighted by Crippen LogP contribution is -2.34. The summed E-state index contributed by atoms with van der Waals surface area (Å²) in [6.07, 6.45) is 0.611. The number of nitrogens with zero attached hydrogens (tertiary/aromatic N) is 1. The molecule has 4 heteroatoms. The molecule has 1 atom stereocenters. The van der Waals surface area contributed by atoms with Crippen LogP contribution in [0.4, 0.5) is 0 Å². The van der Waals surface area contributed by atoms with Gasteiger partial charge in [0.2, 0.25) is 0 Å². The van der Waals surface area contributed by atoms with Gasteiger partial charge < -0.3 is 0 Å². The molecule has 1 heterocycles. The molecular formula is C11H16BrNOS. The van der Waals surface area contributed by atoms with E-state index in [9.17, 15) is 4.79 Å². The van der Waals surface area contributed by atoms with Gasteiger partial charge >= 0.3 is 0 Å². The molecule has 84 valence electrons. The third kappa shape index (κ3) is 3.70. The summed E-state index contributed by atoms with van der Waals surface area (Å²) in [5, 5.41) is 2.06. The normalized spacial score (nSPS) is 13.1. The first-order valence-corrected chi connectivity index (χ1v) is 6.67. The SMILES string of the molecule is CCC(=O)C(C)N(C)Cc1cc(Br)cs1. The fourth-order valence-corrected chi connectivity index (χ4v) is 2.87. The maximum atomic E-state index is 11.5. The van der Waals surface area contributed by atoms with Crippen molar-refractivity contribution in [3.8, 4) is 0 Å². The number of Topliss-reactive ketones (excluding diaryl/α,β-unsaturated/α-hetero) is 1. The van der Waals surface area contributed by atoms with Crippen molar-refractivity contribution >= 4 is 33.0 Å². The summed E-state index contributed by atoms with van der Waals surface area (Å²) in [5.41, 5.74) is 0. The highest BCUT2D eigenvalue weighted by atomic mass is 79.9. The number of likely N-dealkylation sites (N-methyl/N-ethyl adjacent to an activating group) is 1. The topological polar surface area (TPSA) is 20.3 Å². The number of thiophene rings is 1. The molecule has 1 aromatic rings. The molecule has 0 spiro atoms. The Balaban J connectivity index is 2.55. The molecule has 1 aromatic heterocycles. The van der Waals surface area contributed by atoms with Crippen LogP contribution in [0.3, 0.4) is 0 Å². The van der Waals surface area contributed by atoms with Crippen molar-refractivity contribution in [2.24, 2.45) is 0 Å². The third-order valence-electron chi connectivity index (χ3n) is 2.50. The third-order valence-corrected chi connectivity index (χ3v) is 4.18. The van der Waals surface area contributed by atoms with Crippen LogP contribution in [0, 0.1) is 0 Å². The van der Waals surface area contributed by atoms with Gasteiger partial charge in [0, 0.05) is 27.7 Å². The van der Waals surface area contributed by atoms with Gasteiger partial charge in [-0.3, -0.25) is 9.69 Å². The van der Waals surface area contributed by atoms with Crippen molar-refractivity contribution in [2.45, 2.75) is 32.9 Å². The van der Waals surface area contributed by atoms with Crippen molar-refractivity contribution < 1.29 is 4.79 Å². The minimum Gasteiger partial charge on any atom is -0.298 e. The van der Waals surface area contributed by atoms with Crippen LogP contribution in [-0.2, 0) is 11.3 Å². The summed E-state index contributed by atoms with van der Waals surface area (Å²) in [6, 6.07) is 2.11. The summed E-state index contributed by atoms with van der Waals surface area (Å²) in [7, 11) is 1.99. The Morgan fingerprint density at radius 3 is 2.80 bits per heavy atom. The van der Waals surface area contributed by atoms with E-state index in [-0.39, 0.29) is 6.04 Å². The van der Waals surface area contributed by atoms with E-state index in [4.69, 9.17) is 0 Å². The maximum Gasteiger partial charge on any atom is 0.149 e. The van der Waals surface area contributed by atoms with Crippen LogP contribution >= 0.6 is 27.3 Å². The molecule has 0 amide bonds. The molecular weight excluding hydrogens is 274 g/mol. The molecule has 0 saturated carbocycles. The molecule has 0 aliphatic heterocycles. The zero-order valence-corrected chi connectivity index (χ0v) is 11.7. The smallest absolute Gasteiger partial charge is 0.149 e. The largest absolute Gasteiger partial charge is 0.298 e. The average Bonchev–Trinajstić information content (AvgIpc) is 2.61. The molecule has 0 bridgehead atoms. The lowest BCUT2D eigenvalue weighted by atomic mass is 10.1. The summed E-state index contributed by atoms with van der Waals surface area (Å²) in [4.78, 5) is 14.9. The van der Waals surface area contributed by atoms with Crippen LogP contribution in [0.15, 0.2) is 15.9 Å². The van der Waals surface area contributed by atoms with Crippen molar-refractivity contribution in [1.29, 1.82) is 0 Å². The second-order valence-corrected chi connectivity index (χ2v) is 5.55. The van der Waals surface area contributed by atoms with Crippen molar-refractivity contribution in [3.05, 3.63) is 20.8 Å². The fraction of sp³-hybridized carbons (Fsp3) is 0.545. The first-order chi connectivity index (χ1) is 7.04. The summed E-state index contributed by atoms with van der Waals surface area (Å²) >= 11 is 5.14. The average molecular weight is 290 g/mol. The van der Waals surface area contributed by atoms with Gasteiger partial charge in [0.05, 0.1) is 6.04 Å². The molecule has 0 saturated heterocycles. The maximum absolute atomic E-state index is 11.5. The quantitative estimate of drug-likeness (QED) is 0.829. The van der Waals surface area contributed by atoms with Crippen LogP contribution < -0.4 is 0 Å². The van der Waals surface area contributed by atoms with Gasteiger partial charge in [0.1, 0.15) is 5.78 Å². The number of halogens is 1. The van der Waals surface area contributed by atoms with Crippen LogP contribution in [-0.4, -0.2) is 23.8 Å². The number of rotatable bonds is 5. The van der Waals surface area contributed by atoms with Crippen LogP contribution in [0.1, 0.15) is 25.1 Å². The highest BCUT2D eigenvalue weighted by molar-refractivity contribution is 9.10. The zero-order valence-electron chi connectivity index (χ0n) is 9.29. The predicted octanol–water partition coefficient (Wildman–Crippen LogP) is 3.31. The van der Waals surface area contributed by atoms with Crippen molar-refractivity contribution in [2.75, 3.05) is 7.05 Å². The predicted molar refractivity (Wildman–Crippen MR) is 68.2 cm³/mol. The molecule has 0 aliphatic carbocycles. The first-order valence-electron chi connectivity index (χ1n) is 5.00. The molecule has 2 nitrogen and oxygen atoms in total. The summed E-state index contributed by atoms with van der Waals surface area (Å²) in [5.74, 6) is 0.299. The van der Waals surface area contributed by atoms with E-state index < -0.39 is 0 Å². The minimum atomic E-state index is 0.0101. The molecule has 1 unspecified atom stereocenters. The lowest BCUT2D eigenvalue weighted by molar-refractivity contribution is -0.123. The highest BCUT2D eigenvalue weighted by Crippen LogP contribution is 2.21. The van der Waals surface area contributed by atoms with E-state index in [1.165, 1.54) is 4.88 Å². The lowest BCUT2D eigenvalue weighted by Gasteiger charge is -2.22. The Bertz CT molecular complexity index is 337. The minimum absolute atomic E-state index is 0.0101. The molecule has 0 N–H and O–H groups in total. The van der Waals surface area contributed by atoms with Gasteiger partial charge in [-0.1, -0.05) is 6.92 Å². The van der Waals surface area contributed by atoms with Crippen LogP contribution in [0.2, 0.25) is 0 Å². The second kappa shape index (κ2) is 5.77. The van der Waals surface area contributed by atoms with Gasteiger partial charge in [-0.05, 0) is 36.0 Å². The number of hydrogen-bond donors (Lipinski definition) is 0. The van der Waals surface area contributed by atoms with Gasteiger partial charge in [0.25, 0.3) is 0 Å². The molecule has 0 fully saturated rings. The van der Waals surface area contributed by atoms with Gasteiger partial charge in [0.15, 0.2) is 0 Å². The second-order valence-electron chi connectivity index (χ2n) is 3.64. The first kappa shape index (κ1) is 12.9. The number of ketones is 1. The molecule has 0 radical (unpaired) electrons. The fourth-order valence-electron chi connectivity index (χ4n) is 1.36. The van der Waals surface area contributed by atoms with Crippen LogP contribution in [0.25, 0.3) is 0 Å². The Hall–Kier alpha value is -0.190. The van der Waals surface area contributed by atoms with E-state index in [2.05, 4.69) is 32.3 Å². The van der Waals surface area contributed by atoms with E-state index in [1.54, 1.807) is 11.3 Å². The van der Waals surface area contributed by atoms with Gasteiger partial charge in [-0.2, -0.15) is 0 Å². The number of carbonyl (C=O) groups excluding carboxylic acids is 1. The van der Waals surface area contributed by atoms with E-state index in [1.807, 2.05) is 20.9 Å². The standard InChI is InChI=1S/C11H16BrNOS/c1-4-11(14)8(2)13(3)6-10-5-9(12)7-15-10/h5,7-8H,4,6H2,1-3H3. The Morgan fingerprint density at radius 2 is 2.33 bits per heavy atom. The monoisotopic (exact) mass is 289 g/mol. The molecule has 15 heavy (non-hydrogen) atoms. The molecule has 1 rings (SSSR count). The number of hydrogen-bond acceptors (Lipinski definition) is 3. The zero-order chi connectivity index (χ0) is 11.4. The van der Waals surface area contributed by atoms with E-state index in [0.717, 1.165) is 11.0 Å². The van der Waals surface area contributed by atoms with Gasteiger partial charge in [-0.15, -0.1) is 11.3 Å². The molecule has 0 aromatic carbocycles. The number of carbonyl (C=O) groups is 1. The Labute approximate surface area is 103 Å². The summed E-state index contributed by atoms with van der Waals surface area (Å²) in [6.45, 7) is 4.71. The summed E-state index contributed by atoms with van der Waals surface area (Å²) < 4.78 is 1.12. The Morgan fingerprint density at radius 1 is 1.67 bits per heavy atom. The molecule has 0 aliphatic rings. The van der Waals surface area contributed by atoms with Crippen LogP contribution in [0.5, 0.6) is 0 Å². The Kier molecular flexibility index (Phi) is 4.96. The van der Waals surface area contributed by atoms with E-state index >= 15 is 0 Å². The van der Waals surface area contributed by atoms with Crippen molar-refractivity contribution in [1.82, 2.24) is 4.90 Å².